The van der Waals surface area contributed by atoms with Gasteiger partial charge in [0.2, 0.25) is 5.82 Å². The minimum absolute atomic E-state index is 0.209. The molecule has 1 amide bonds. The molecule has 0 spiro atoms. The van der Waals surface area contributed by atoms with Crippen molar-refractivity contribution in [1.29, 1.82) is 0 Å². The predicted octanol–water partition coefficient (Wildman–Crippen LogP) is 2.85. The van der Waals surface area contributed by atoms with Crippen LogP contribution < -0.4 is 5.32 Å². The first-order chi connectivity index (χ1) is 13.6. The van der Waals surface area contributed by atoms with Gasteiger partial charge >= 0.3 is 0 Å². The third-order valence-corrected chi connectivity index (χ3v) is 4.62. The summed E-state index contributed by atoms with van der Waals surface area (Å²) in [5.74, 6) is 0.172. The molecule has 4 rings (SSSR count). The van der Waals surface area contributed by atoms with Gasteiger partial charge in [-0.1, -0.05) is 36.4 Å². The summed E-state index contributed by atoms with van der Waals surface area (Å²) < 4.78 is 1.87. The van der Waals surface area contributed by atoms with Crippen LogP contribution in [-0.2, 0) is 0 Å². The predicted molar refractivity (Wildman–Crippen MR) is 104 cm³/mol. The summed E-state index contributed by atoms with van der Waals surface area (Å²) in [7, 11) is 0. The van der Waals surface area contributed by atoms with Gasteiger partial charge in [0.15, 0.2) is 0 Å². The number of hydrogen-bond acceptors (Lipinski definition) is 5. The summed E-state index contributed by atoms with van der Waals surface area (Å²) in [5, 5.41) is 21.5. The molecule has 2 aromatic carbocycles. The summed E-state index contributed by atoms with van der Waals surface area (Å²) in [5.41, 5.74) is 4.02. The fourth-order valence-corrected chi connectivity index (χ4v) is 3.18. The number of amides is 1. The molecule has 0 bridgehead atoms. The Morgan fingerprint density at radius 3 is 2.61 bits per heavy atom. The van der Waals surface area contributed by atoms with Gasteiger partial charge < -0.3 is 5.32 Å². The van der Waals surface area contributed by atoms with Gasteiger partial charge in [-0.25, -0.2) is 4.68 Å². The van der Waals surface area contributed by atoms with E-state index in [0.717, 1.165) is 16.9 Å². The zero-order chi connectivity index (χ0) is 19.5. The maximum Gasteiger partial charge on any atom is 0.252 e. The number of nitrogens with zero attached hydrogens (tertiary/aromatic N) is 5. The Kier molecular flexibility index (Phi) is 4.67. The number of carbonyl (C=O) groups excluding carboxylic acids is 1. The SMILES string of the molecule is Cc1c([C@H](C)NC(=O)c2ccccc2-c2nn[nH]n2)cnn1-c1ccccc1. The maximum atomic E-state index is 12.9. The van der Waals surface area contributed by atoms with Crippen molar-refractivity contribution < 1.29 is 4.79 Å². The first-order valence-corrected chi connectivity index (χ1v) is 8.89. The van der Waals surface area contributed by atoms with E-state index in [1.807, 2.05) is 61.0 Å². The van der Waals surface area contributed by atoms with Gasteiger partial charge in [0.25, 0.3) is 5.91 Å². The van der Waals surface area contributed by atoms with Crippen molar-refractivity contribution in [3.63, 3.8) is 0 Å². The molecule has 8 nitrogen and oxygen atoms in total. The smallest absolute Gasteiger partial charge is 0.252 e. The molecule has 28 heavy (non-hydrogen) atoms. The molecule has 0 saturated carbocycles. The van der Waals surface area contributed by atoms with Gasteiger partial charge in [0, 0.05) is 16.8 Å². The summed E-state index contributed by atoms with van der Waals surface area (Å²) in [6.45, 7) is 3.93. The number of aromatic nitrogens is 6. The molecule has 0 unspecified atom stereocenters. The van der Waals surface area contributed by atoms with Crippen LogP contribution in [0.1, 0.15) is 34.6 Å². The Hall–Kier alpha value is -3.81. The van der Waals surface area contributed by atoms with E-state index in [2.05, 4.69) is 31.0 Å². The fraction of sp³-hybridized carbons (Fsp3) is 0.150. The number of nitrogens with one attached hydrogen (secondary N) is 2. The highest BCUT2D eigenvalue weighted by molar-refractivity contribution is 6.00. The van der Waals surface area contributed by atoms with Crippen molar-refractivity contribution in [3.8, 4) is 17.1 Å². The van der Waals surface area contributed by atoms with Crippen molar-refractivity contribution in [3.05, 3.63) is 77.6 Å². The number of benzene rings is 2. The van der Waals surface area contributed by atoms with Gasteiger partial charge in [-0.2, -0.15) is 10.3 Å². The van der Waals surface area contributed by atoms with E-state index in [1.54, 1.807) is 18.3 Å². The number of carbonyl (C=O) groups is 1. The Morgan fingerprint density at radius 2 is 1.86 bits per heavy atom. The fourth-order valence-electron chi connectivity index (χ4n) is 3.18. The molecule has 1 atom stereocenters. The van der Waals surface area contributed by atoms with Gasteiger partial charge in [-0.15, -0.1) is 10.2 Å². The molecule has 0 aliphatic carbocycles. The van der Waals surface area contributed by atoms with Crippen LogP contribution in [0.15, 0.2) is 60.8 Å². The number of hydrogen-bond donors (Lipinski definition) is 2. The topological polar surface area (TPSA) is 101 Å². The molecule has 0 radical (unpaired) electrons. The van der Waals surface area contributed by atoms with Crippen molar-refractivity contribution in [1.82, 2.24) is 35.7 Å². The van der Waals surface area contributed by atoms with Crippen LogP contribution in [0.4, 0.5) is 0 Å². The largest absolute Gasteiger partial charge is 0.345 e. The molecule has 2 heterocycles. The van der Waals surface area contributed by atoms with E-state index in [-0.39, 0.29) is 11.9 Å². The van der Waals surface area contributed by atoms with Crippen LogP contribution in [0.2, 0.25) is 0 Å². The maximum absolute atomic E-state index is 12.9. The standard InChI is InChI=1S/C20H19N7O/c1-13(18-12-21-27(14(18)2)15-8-4-3-5-9-15)22-20(28)17-11-7-6-10-16(17)19-23-25-26-24-19/h3-13H,1-2H3,(H,22,28)(H,23,24,25,26)/t13-/m0/s1. The number of H-pyrrole nitrogens is 1. The molecular formula is C20H19N7O. The lowest BCUT2D eigenvalue weighted by Crippen LogP contribution is -2.27. The van der Waals surface area contributed by atoms with Gasteiger partial charge in [0.1, 0.15) is 0 Å². The molecule has 0 fully saturated rings. The van der Waals surface area contributed by atoms with E-state index in [4.69, 9.17) is 0 Å². The lowest BCUT2D eigenvalue weighted by Gasteiger charge is -2.15. The highest BCUT2D eigenvalue weighted by Crippen LogP contribution is 2.23. The van der Waals surface area contributed by atoms with Crippen molar-refractivity contribution in [2.45, 2.75) is 19.9 Å². The summed E-state index contributed by atoms with van der Waals surface area (Å²) >= 11 is 0. The Labute approximate surface area is 161 Å². The minimum Gasteiger partial charge on any atom is -0.345 e. The van der Waals surface area contributed by atoms with Crippen molar-refractivity contribution >= 4 is 5.91 Å². The first-order valence-electron chi connectivity index (χ1n) is 8.89. The Morgan fingerprint density at radius 1 is 1.11 bits per heavy atom. The van der Waals surface area contributed by atoms with Gasteiger partial charge in [-0.05, 0) is 37.3 Å². The Bertz CT molecular complexity index is 1090. The zero-order valence-electron chi connectivity index (χ0n) is 15.5. The second kappa shape index (κ2) is 7.43. The van der Waals surface area contributed by atoms with E-state index in [1.165, 1.54) is 0 Å². The average molecular weight is 373 g/mol. The van der Waals surface area contributed by atoms with Crippen LogP contribution >= 0.6 is 0 Å². The lowest BCUT2D eigenvalue weighted by molar-refractivity contribution is 0.0940. The zero-order valence-corrected chi connectivity index (χ0v) is 15.5. The molecule has 2 N–H and O–H groups in total. The van der Waals surface area contributed by atoms with E-state index < -0.39 is 0 Å². The minimum atomic E-state index is -0.219. The lowest BCUT2D eigenvalue weighted by atomic mass is 10.0. The molecular weight excluding hydrogens is 354 g/mol. The highest BCUT2D eigenvalue weighted by atomic mass is 16.1. The number of tetrazole rings is 1. The third-order valence-electron chi connectivity index (χ3n) is 4.62. The molecule has 4 aromatic rings. The molecule has 0 aliphatic heterocycles. The van der Waals surface area contributed by atoms with Crippen molar-refractivity contribution in [2.24, 2.45) is 0 Å². The Balaban J connectivity index is 1.58. The van der Waals surface area contributed by atoms with Crippen LogP contribution in [-0.4, -0.2) is 36.3 Å². The van der Waals surface area contributed by atoms with Crippen LogP contribution in [0, 0.1) is 6.92 Å². The second-order valence-corrected chi connectivity index (χ2v) is 6.41. The summed E-state index contributed by atoms with van der Waals surface area (Å²) in [6.07, 6.45) is 1.79. The van der Waals surface area contributed by atoms with E-state index >= 15 is 0 Å². The first kappa shape index (κ1) is 17.6. The van der Waals surface area contributed by atoms with Crippen LogP contribution in [0.3, 0.4) is 0 Å². The quantitative estimate of drug-likeness (QED) is 0.560. The van der Waals surface area contributed by atoms with Crippen molar-refractivity contribution in [2.75, 3.05) is 0 Å². The number of aromatic amines is 1. The van der Waals surface area contributed by atoms with E-state index in [0.29, 0.717) is 17.0 Å². The van der Waals surface area contributed by atoms with Crippen LogP contribution in [0.25, 0.3) is 17.1 Å². The molecule has 140 valence electrons. The normalized spacial score (nSPS) is 11.9. The average Bonchev–Trinajstić information content (AvgIpc) is 3.38. The monoisotopic (exact) mass is 373 g/mol. The molecule has 0 saturated heterocycles. The third kappa shape index (κ3) is 3.27. The van der Waals surface area contributed by atoms with Gasteiger partial charge in [-0.3, -0.25) is 4.79 Å². The number of rotatable bonds is 5. The number of para-hydroxylation sites is 1. The van der Waals surface area contributed by atoms with Gasteiger partial charge in [0.05, 0.1) is 23.5 Å². The molecule has 8 heteroatoms. The highest BCUT2D eigenvalue weighted by Gasteiger charge is 2.20. The molecule has 2 aromatic heterocycles. The van der Waals surface area contributed by atoms with Crippen LogP contribution in [0.5, 0.6) is 0 Å². The summed E-state index contributed by atoms with van der Waals surface area (Å²) in [6, 6.07) is 16.9. The molecule has 0 aliphatic rings. The van der Waals surface area contributed by atoms with E-state index in [9.17, 15) is 4.79 Å². The second-order valence-electron chi connectivity index (χ2n) is 6.41. The summed E-state index contributed by atoms with van der Waals surface area (Å²) in [4.78, 5) is 12.9.